The van der Waals surface area contributed by atoms with Gasteiger partial charge in [-0.2, -0.15) is 5.10 Å². The molecule has 0 radical (unpaired) electrons. The molecule has 2 amide bonds. The summed E-state index contributed by atoms with van der Waals surface area (Å²) in [6, 6.07) is 10.9. The number of non-ortho nitro benzene ring substituents is 1. The van der Waals surface area contributed by atoms with Gasteiger partial charge in [0.15, 0.2) is 0 Å². The smallest absolute Gasteiger partial charge is 0.335 e. The first-order valence-electron chi connectivity index (χ1n) is 7.85. The molecule has 148 valence electrons. The second kappa shape index (κ2) is 9.76. The zero-order valence-electron chi connectivity index (χ0n) is 14.5. The van der Waals surface area contributed by atoms with Gasteiger partial charge >= 0.3 is 17.8 Å². The normalized spacial score (nSPS) is 11.1. The third-order valence-electron chi connectivity index (χ3n) is 3.34. The molecule has 0 aliphatic heterocycles. The Bertz CT molecular complexity index is 1020. The molecule has 0 atom stereocenters. The molecule has 2 aromatic rings. The molecule has 10 nitrogen and oxygen atoms in total. The van der Waals surface area contributed by atoms with Crippen molar-refractivity contribution in [3.63, 3.8) is 0 Å². The SMILES string of the molecule is O=C(NN=C/C(Cl)=C/c1ccc([N+](=O)[O-])cc1)C(=O)Nc1cccc(C(=O)O)c1. The second-order valence-electron chi connectivity index (χ2n) is 5.42. The van der Waals surface area contributed by atoms with E-state index >= 15 is 0 Å². The molecule has 29 heavy (non-hydrogen) atoms. The first kappa shape index (κ1) is 21.3. The highest BCUT2D eigenvalue weighted by molar-refractivity contribution is 6.42. The Hall–Kier alpha value is -4.05. The van der Waals surface area contributed by atoms with Crippen LogP contribution in [-0.2, 0) is 9.59 Å². The van der Waals surface area contributed by atoms with Gasteiger partial charge in [0.1, 0.15) is 0 Å². The standard InChI is InChI=1S/C18H13ClN4O6/c19-13(8-11-4-6-15(7-5-11)23(28)29)10-20-22-17(25)16(24)21-14-3-1-2-12(9-14)18(26)27/h1-10H,(H,21,24)(H,22,25)(H,26,27)/b13-8-,20-10?. The number of anilines is 1. The fourth-order valence-electron chi connectivity index (χ4n) is 2.01. The number of halogens is 1. The lowest BCUT2D eigenvalue weighted by molar-refractivity contribution is -0.384. The fourth-order valence-corrected chi connectivity index (χ4v) is 2.18. The van der Waals surface area contributed by atoms with Gasteiger partial charge < -0.3 is 10.4 Å². The van der Waals surface area contributed by atoms with E-state index in [0.717, 1.165) is 6.21 Å². The number of nitro groups is 1. The molecule has 0 saturated carbocycles. The van der Waals surface area contributed by atoms with Crippen LogP contribution < -0.4 is 10.7 Å². The van der Waals surface area contributed by atoms with E-state index in [2.05, 4.69) is 10.4 Å². The van der Waals surface area contributed by atoms with Crippen molar-refractivity contribution in [2.45, 2.75) is 0 Å². The number of carboxylic acids is 1. The van der Waals surface area contributed by atoms with Crippen LogP contribution >= 0.6 is 11.6 Å². The number of nitro benzene ring substituents is 1. The summed E-state index contributed by atoms with van der Waals surface area (Å²) in [5.74, 6) is -3.33. The summed E-state index contributed by atoms with van der Waals surface area (Å²) in [6.07, 6.45) is 2.51. The highest BCUT2D eigenvalue weighted by Gasteiger charge is 2.13. The highest BCUT2D eigenvalue weighted by atomic mass is 35.5. The molecule has 0 unspecified atom stereocenters. The van der Waals surface area contributed by atoms with Gasteiger partial charge in [0.2, 0.25) is 0 Å². The summed E-state index contributed by atoms with van der Waals surface area (Å²) in [4.78, 5) is 44.5. The maximum Gasteiger partial charge on any atom is 0.335 e. The quantitative estimate of drug-likeness (QED) is 0.285. The Kier molecular flexibility index (Phi) is 7.15. The van der Waals surface area contributed by atoms with E-state index in [1.165, 1.54) is 54.6 Å². The van der Waals surface area contributed by atoms with E-state index in [0.29, 0.717) is 5.56 Å². The van der Waals surface area contributed by atoms with Gasteiger partial charge in [-0.1, -0.05) is 17.7 Å². The van der Waals surface area contributed by atoms with Gasteiger partial charge in [-0.3, -0.25) is 19.7 Å². The molecule has 0 aromatic heterocycles. The van der Waals surface area contributed by atoms with Gasteiger partial charge in [0, 0.05) is 17.8 Å². The van der Waals surface area contributed by atoms with E-state index in [1.807, 2.05) is 5.43 Å². The predicted molar refractivity (Wildman–Crippen MR) is 106 cm³/mol. The molecule has 11 heteroatoms. The van der Waals surface area contributed by atoms with Crippen molar-refractivity contribution in [3.8, 4) is 0 Å². The fraction of sp³-hybridized carbons (Fsp3) is 0. The number of benzene rings is 2. The van der Waals surface area contributed by atoms with Crippen LogP contribution in [0.3, 0.4) is 0 Å². The van der Waals surface area contributed by atoms with Crippen molar-refractivity contribution < 1.29 is 24.4 Å². The predicted octanol–water partition coefficient (Wildman–Crippen LogP) is 2.61. The number of allylic oxidation sites excluding steroid dienone is 1. The molecule has 3 N–H and O–H groups in total. The molecular formula is C18H13ClN4O6. The molecular weight excluding hydrogens is 404 g/mol. The van der Waals surface area contributed by atoms with Crippen molar-refractivity contribution in [3.05, 3.63) is 74.8 Å². The van der Waals surface area contributed by atoms with E-state index in [-0.39, 0.29) is 22.0 Å². The molecule has 0 bridgehead atoms. The van der Waals surface area contributed by atoms with Gasteiger partial charge in [-0.05, 0) is 42.0 Å². The van der Waals surface area contributed by atoms with Crippen LogP contribution in [0.25, 0.3) is 6.08 Å². The molecule has 0 fully saturated rings. The summed E-state index contributed by atoms with van der Waals surface area (Å²) in [7, 11) is 0. The summed E-state index contributed by atoms with van der Waals surface area (Å²) < 4.78 is 0. The van der Waals surface area contributed by atoms with E-state index in [9.17, 15) is 24.5 Å². The number of hydrogen-bond donors (Lipinski definition) is 3. The molecule has 2 aromatic carbocycles. The summed E-state index contributed by atoms with van der Waals surface area (Å²) >= 11 is 5.93. The van der Waals surface area contributed by atoms with Gasteiger partial charge in [-0.15, -0.1) is 0 Å². The zero-order valence-corrected chi connectivity index (χ0v) is 15.3. The molecule has 0 saturated heterocycles. The summed E-state index contributed by atoms with van der Waals surface area (Å²) in [5.41, 5.74) is 2.54. The largest absolute Gasteiger partial charge is 0.478 e. The van der Waals surface area contributed by atoms with Crippen LogP contribution in [0.1, 0.15) is 15.9 Å². The van der Waals surface area contributed by atoms with Gasteiger partial charge in [-0.25, -0.2) is 10.2 Å². The number of aromatic carboxylic acids is 1. The first-order chi connectivity index (χ1) is 13.8. The average Bonchev–Trinajstić information content (AvgIpc) is 2.68. The second-order valence-corrected chi connectivity index (χ2v) is 5.85. The average molecular weight is 417 g/mol. The first-order valence-corrected chi connectivity index (χ1v) is 8.23. The number of carbonyl (C=O) groups excluding carboxylic acids is 2. The Morgan fingerprint density at radius 2 is 1.79 bits per heavy atom. The maximum absolute atomic E-state index is 11.8. The summed E-state index contributed by atoms with van der Waals surface area (Å²) in [5, 5.41) is 25.4. The van der Waals surface area contributed by atoms with Crippen LogP contribution in [-0.4, -0.2) is 34.0 Å². The zero-order chi connectivity index (χ0) is 21.4. The van der Waals surface area contributed by atoms with E-state index in [1.54, 1.807) is 0 Å². The molecule has 2 rings (SSSR count). The molecule has 0 aliphatic carbocycles. The van der Waals surface area contributed by atoms with Crippen molar-refractivity contribution in [1.29, 1.82) is 0 Å². The van der Waals surface area contributed by atoms with Crippen molar-refractivity contribution in [1.82, 2.24) is 5.43 Å². The number of nitrogens with one attached hydrogen (secondary N) is 2. The maximum atomic E-state index is 11.8. The lowest BCUT2D eigenvalue weighted by Crippen LogP contribution is -2.32. The molecule has 0 heterocycles. The minimum Gasteiger partial charge on any atom is -0.478 e. The lowest BCUT2D eigenvalue weighted by Gasteiger charge is -2.04. The number of carbonyl (C=O) groups is 3. The minimum atomic E-state index is -1.18. The number of amides is 2. The number of hydrogen-bond acceptors (Lipinski definition) is 6. The Labute approximate surface area is 168 Å². The van der Waals surface area contributed by atoms with Crippen LogP contribution in [0.5, 0.6) is 0 Å². The number of carboxylic acid groups (broad SMARTS) is 1. The van der Waals surface area contributed by atoms with E-state index < -0.39 is 22.7 Å². The Morgan fingerprint density at radius 1 is 1.10 bits per heavy atom. The van der Waals surface area contributed by atoms with Crippen molar-refractivity contribution in [2.24, 2.45) is 5.10 Å². The molecule has 0 spiro atoms. The van der Waals surface area contributed by atoms with Crippen LogP contribution in [0, 0.1) is 10.1 Å². The van der Waals surface area contributed by atoms with Gasteiger partial charge in [0.05, 0.1) is 21.7 Å². The van der Waals surface area contributed by atoms with Crippen LogP contribution in [0.4, 0.5) is 11.4 Å². The van der Waals surface area contributed by atoms with E-state index in [4.69, 9.17) is 16.7 Å². The third kappa shape index (κ3) is 6.56. The number of nitrogens with zero attached hydrogens (tertiary/aromatic N) is 2. The Morgan fingerprint density at radius 3 is 2.41 bits per heavy atom. The highest BCUT2D eigenvalue weighted by Crippen LogP contribution is 2.15. The van der Waals surface area contributed by atoms with Crippen LogP contribution in [0.2, 0.25) is 0 Å². The summed E-state index contributed by atoms with van der Waals surface area (Å²) in [6.45, 7) is 0. The monoisotopic (exact) mass is 416 g/mol. The molecule has 0 aliphatic rings. The number of rotatable bonds is 6. The lowest BCUT2D eigenvalue weighted by atomic mass is 10.2. The van der Waals surface area contributed by atoms with Crippen LogP contribution in [0.15, 0.2) is 58.7 Å². The topological polar surface area (TPSA) is 151 Å². The Balaban J connectivity index is 1.92. The third-order valence-corrected chi connectivity index (χ3v) is 3.54. The minimum absolute atomic E-state index is 0.0515. The number of hydrazone groups is 1. The van der Waals surface area contributed by atoms with Crippen molar-refractivity contribution >= 4 is 53.0 Å². The van der Waals surface area contributed by atoms with Crippen molar-refractivity contribution in [2.75, 3.05) is 5.32 Å². The van der Waals surface area contributed by atoms with Gasteiger partial charge in [0.25, 0.3) is 5.69 Å².